The first kappa shape index (κ1) is 16.4. The Kier molecular flexibility index (Phi) is 3.95. The smallest absolute Gasteiger partial charge is 0.140 e. The summed E-state index contributed by atoms with van der Waals surface area (Å²) in [6, 6.07) is 2.02. The number of carbonyl (C=O) groups excluding carboxylic acids is 1. The van der Waals surface area contributed by atoms with Crippen LogP contribution in [0.4, 0.5) is 5.82 Å². The first-order valence-electron chi connectivity index (χ1n) is 8.99. The molecule has 6 nitrogen and oxygen atoms in total. The van der Waals surface area contributed by atoms with Gasteiger partial charge in [0.25, 0.3) is 0 Å². The van der Waals surface area contributed by atoms with Crippen molar-refractivity contribution in [3.63, 3.8) is 0 Å². The number of ketones is 1. The van der Waals surface area contributed by atoms with Crippen LogP contribution in [0.25, 0.3) is 0 Å². The first-order chi connectivity index (χ1) is 11.9. The number of hydrogen-bond acceptors (Lipinski definition) is 6. The van der Waals surface area contributed by atoms with Crippen molar-refractivity contribution in [1.82, 2.24) is 9.97 Å². The maximum atomic E-state index is 11.9. The summed E-state index contributed by atoms with van der Waals surface area (Å²) in [5.41, 5.74) is 2.96. The zero-order valence-electron chi connectivity index (χ0n) is 14.8. The van der Waals surface area contributed by atoms with E-state index in [1.165, 1.54) is 0 Å². The van der Waals surface area contributed by atoms with Crippen LogP contribution in [0.3, 0.4) is 0 Å². The van der Waals surface area contributed by atoms with Gasteiger partial charge in [0.15, 0.2) is 0 Å². The van der Waals surface area contributed by atoms with E-state index in [1.54, 1.807) is 13.3 Å². The Bertz CT molecular complexity index is 773. The van der Waals surface area contributed by atoms with Gasteiger partial charge in [0, 0.05) is 54.9 Å². The highest BCUT2D eigenvalue weighted by Gasteiger charge is 2.43. The Labute approximate surface area is 147 Å². The number of aliphatic imine (C=N–C) groups is 1. The molecular weight excluding hydrogens is 316 g/mol. The molecule has 1 unspecified atom stereocenters. The fourth-order valence-corrected chi connectivity index (χ4v) is 4.42. The molecule has 0 spiro atoms. The molecule has 0 radical (unpaired) electrons. The van der Waals surface area contributed by atoms with E-state index in [0.29, 0.717) is 18.9 Å². The van der Waals surface area contributed by atoms with Crippen molar-refractivity contribution in [3.05, 3.63) is 29.2 Å². The van der Waals surface area contributed by atoms with Crippen molar-refractivity contribution >= 4 is 17.3 Å². The van der Waals surface area contributed by atoms with Crippen LogP contribution in [-0.2, 0) is 4.79 Å². The molecule has 0 bridgehead atoms. The number of anilines is 1. The largest absolute Gasteiger partial charge is 0.385 e. The van der Waals surface area contributed by atoms with Gasteiger partial charge >= 0.3 is 0 Å². The third-order valence-corrected chi connectivity index (χ3v) is 5.54. The summed E-state index contributed by atoms with van der Waals surface area (Å²) in [6.07, 6.45) is 4.26. The molecular formula is C19H24N4O2. The van der Waals surface area contributed by atoms with Crippen molar-refractivity contribution in [3.8, 4) is 0 Å². The molecule has 3 aliphatic rings. The highest BCUT2D eigenvalue weighted by molar-refractivity contribution is 6.08. The highest BCUT2D eigenvalue weighted by atomic mass is 16.3. The average Bonchev–Trinajstić information content (AvgIpc) is 2.99. The van der Waals surface area contributed by atoms with E-state index < -0.39 is 5.60 Å². The molecule has 1 aliphatic carbocycles. The normalized spacial score (nSPS) is 27.6. The van der Waals surface area contributed by atoms with E-state index in [-0.39, 0.29) is 12.2 Å². The lowest BCUT2D eigenvalue weighted by Gasteiger charge is -2.37. The standard InChI is InChI=1S/C19H24N4O2/c1-12-7-16(22-11-21-12)23-5-3-13(4-6-23)18-17-14(10-20-18)8-15(24)9-19(17,2)25/h7,11,13,25H,3-6,8-10H2,1-2H3. The van der Waals surface area contributed by atoms with E-state index in [4.69, 9.17) is 4.99 Å². The fraction of sp³-hybridized carbons (Fsp3) is 0.579. The van der Waals surface area contributed by atoms with Gasteiger partial charge < -0.3 is 10.0 Å². The van der Waals surface area contributed by atoms with Crippen molar-refractivity contribution in [2.24, 2.45) is 10.9 Å². The third kappa shape index (κ3) is 2.99. The number of rotatable bonds is 2. The topological polar surface area (TPSA) is 78.7 Å². The highest BCUT2D eigenvalue weighted by Crippen LogP contribution is 2.39. The number of carbonyl (C=O) groups is 1. The quantitative estimate of drug-likeness (QED) is 0.889. The molecule has 6 heteroatoms. The lowest BCUT2D eigenvalue weighted by atomic mass is 9.74. The van der Waals surface area contributed by atoms with Crippen LogP contribution in [-0.4, -0.2) is 51.8 Å². The molecule has 1 atom stereocenters. The Balaban J connectivity index is 1.49. The van der Waals surface area contributed by atoms with Crippen LogP contribution >= 0.6 is 0 Å². The predicted octanol–water partition coefficient (Wildman–Crippen LogP) is 1.87. The van der Waals surface area contributed by atoms with Gasteiger partial charge in [-0.25, -0.2) is 9.97 Å². The number of piperidine rings is 1. The zero-order valence-corrected chi connectivity index (χ0v) is 14.8. The predicted molar refractivity (Wildman–Crippen MR) is 95.9 cm³/mol. The first-order valence-corrected chi connectivity index (χ1v) is 8.99. The number of nitrogens with zero attached hydrogens (tertiary/aromatic N) is 4. The molecule has 4 rings (SSSR count). The SMILES string of the molecule is Cc1cc(N2CCC(C3=NCC4=C3C(C)(O)CC(=O)C4)CC2)ncn1. The molecule has 3 heterocycles. The van der Waals surface area contributed by atoms with E-state index in [2.05, 4.69) is 14.9 Å². The molecule has 0 amide bonds. The van der Waals surface area contributed by atoms with Gasteiger partial charge in [-0.3, -0.25) is 9.79 Å². The summed E-state index contributed by atoms with van der Waals surface area (Å²) in [4.78, 5) is 27.4. The van der Waals surface area contributed by atoms with E-state index in [9.17, 15) is 9.90 Å². The molecule has 2 aliphatic heterocycles. The van der Waals surface area contributed by atoms with Crippen molar-refractivity contribution in [2.75, 3.05) is 24.5 Å². The van der Waals surface area contributed by atoms with Crippen LogP contribution in [0.1, 0.15) is 38.3 Å². The molecule has 0 aromatic carbocycles. The Morgan fingerprint density at radius 1 is 1.28 bits per heavy atom. The molecule has 1 N–H and O–H groups in total. The van der Waals surface area contributed by atoms with E-state index >= 15 is 0 Å². The van der Waals surface area contributed by atoms with E-state index in [0.717, 1.165) is 54.3 Å². The Morgan fingerprint density at radius 3 is 2.76 bits per heavy atom. The minimum atomic E-state index is -1.05. The van der Waals surface area contributed by atoms with Gasteiger partial charge in [0.1, 0.15) is 17.9 Å². The number of Topliss-reactive ketones (excluding diaryl/α,β-unsaturated/α-hetero) is 1. The van der Waals surface area contributed by atoms with Crippen LogP contribution < -0.4 is 4.90 Å². The number of hydrogen-bond donors (Lipinski definition) is 1. The van der Waals surface area contributed by atoms with Crippen LogP contribution in [0.15, 0.2) is 28.5 Å². The maximum Gasteiger partial charge on any atom is 0.140 e. The van der Waals surface area contributed by atoms with Crippen LogP contribution in [0, 0.1) is 12.8 Å². The maximum absolute atomic E-state index is 11.9. The second-order valence-corrected chi connectivity index (χ2v) is 7.63. The summed E-state index contributed by atoms with van der Waals surface area (Å²) in [5, 5.41) is 10.8. The third-order valence-electron chi connectivity index (χ3n) is 5.54. The second kappa shape index (κ2) is 6.02. The minimum Gasteiger partial charge on any atom is -0.385 e. The van der Waals surface area contributed by atoms with Crippen molar-refractivity contribution < 1.29 is 9.90 Å². The fourth-order valence-electron chi connectivity index (χ4n) is 4.42. The molecule has 25 heavy (non-hydrogen) atoms. The van der Waals surface area contributed by atoms with Gasteiger partial charge in [-0.2, -0.15) is 0 Å². The van der Waals surface area contributed by atoms with Crippen molar-refractivity contribution in [1.29, 1.82) is 0 Å². The van der Waals surface area contributed by atoms with E-state index in [1.807, 2.05) is 13.0 Å². The van der Waals surface area contributed by atoms with Crippen LogP contribution in [0.5, 0.6) is 0 Å². The van der Waals surface area contributed by atoms with Gasteiger partial charge in [0.2, 0.25) is 0 Å². The van der Waals surface area contributed by atoms with Crippen LogP contribution in [0.2, 0.25) is 0 Å². The monoisotopic (exact) mass is 340 g/mol. The lowest BCUT2D eigenvalue weighted by Crippen LogP contribution is -2.42. The number of aliphatic hydroxyl groups is 1. The Hall–Kier alpha value is -2.08. The summed E-state index contributed by atoms with van der Waals surface area (Å²) >= 11 is 0. The minimum absolute atomic E-state index is 0.120. The summed E-state index contributed by atoms with van der Waals surface area (Å²) in [6.45, 7) is 6.16. The molecule has 1 saturated heterocycles. The second-order valence-electron chi connectivity index (χ2n) is 7.63. The molecule has 1 aromatic rings. The zero-order chi connectivity index (χ0) is 17.6. The molecule has 1 aromatic heterocycles. The van der Waals surface area contributed by atoms with Gasteiger partial charge in [-0.1, -0.05) is 0 Å². The van der Waals surface area contributed by atoms with Gasteiger partial charge in [-0.05, 0) is 32.3 Å². The molecule has 0 saturated carbocycles. The number of aryl methyl sites for hydroxylation is 1. The number of aromatic nitrogens is 2. The average molecular weight is 340 g/mol. The summed E-state index contributed by atoms with van der Waals surface area (Å²) < 4.78 is 0. The molecule has 132 valence electrons. The van der Waals surface area contributed by atoms with Gasteiger partial charge in [0.05, 0.1) is 12.1 Å². The summed E-state index contributed by atoms with van der Waals surface area (Å²) in [5.74, 6) is 1.45. The lowest BCUT2D eigenvalue weighted by molar-refractivity contribution is -0.122. The van der Waals surface area contributed by atoms with Crippen molar-refractivity contribution in [2.45, 2.75) is 45.1 Å². The Morgan fingerprint density at radius 2 is 2.04 bits per heavy atom. The summed E-state index contributed by atoms with van der Waals surface area (Å²) in [7, 11) is 0. The molecule has 1 fully saturated rings. The van der Waals surface area contributed by atoms with Gasteiger partial charge in [-0.15, -0.1) is 0 Å².